The zero-order chi connectivity index (χ0) is 13.1. The summed E-state index contributed by atoms with van der Waals surface area (Å²) in [5, 5.41) is 13.2. The number of aliphatic hydroxyl groups is 1. The largest absolute Gasteiger partial charge is 0.388 e. The maximum atomic E-state index is 11.4. The first-order valence-electron chi connectivity index (χ1n) is 5.73. The molecule has 6 heteroatoms. The van der Waals surface area contributed by atoms with E-state index in [-0.39, 0.29) is 12.5 Å². The van der Waals surface area contributed by atoms with Gasteiger partial charge in [0.25, 0.3) is 0 Å². The Kier molecular flexibility index (Phi) is 3.50. The monoisotopic (exact) mass is 246 g/mol. The van der Waals surface area contributed by atoms with Crippen molar-refractivity contribution >= 4 is 11.6 Å². The number of benzene rings is 1. The highest BCUT2D eigenvalue weighted by Crippen LogP contribution is 2.30. The molecule has 1 amide bonds. The molecule has 1 atom stereocenters. The van der Waals surface area contributed by atoms with E-state index in [1.807, 2.05) is 12.1 Å². The Balaban J connectivity index is 2.24. The van der Waals surface area contributed by atoms with Gasteiger partial charge in [0.2, 0.25) is 5.91 Å². The van der Waals surface area contributed by atoms with E-state index >= 15 is 0 Å². The third kappa shape index (κ3) is 2.30. The number of amides is 1. The van der Waals surface area contributed by atoms with Gasteiger partial charge in [-0.05, 0) is 29.1 Å². The van der Waals surface area contributed by atoms with Crippen LogP contribution >= 0.6 is 0 Å². The fraction of sp³-hybridized carbons (Fsp3) is 0.417. The fourth-order valence-electron chi connectivity index (χ4n) is 2.18. The fourth-order valence-corrected chi connectivity index (χ4v) is 2.18. The number of carbonyl (C=O) groups is 1. The molecule has 1 aromatic carbocycles. The van der Waals surface area contributed by atoms with Crippen LogP contribution in [0.5, 0.6) is 0 Å². The van der Waals surface area contributed by atoms with Crippen molar-refractivity contribution in [3.05, 3.63) is 39.8 Å². The minimum Gasteiger partial charge on any atom is -0.388 e. The van der Waals surface area contributed by atoms with Crippen LogP contribution in [-0.4, -0.2) is 24.1 Å². The first-order chi connectivity index (χ1) is 8.63. The summed E-state index contributed by atoms with van der Waals surface area (Å²) in [5.74, 6) is 0.0242. The lowest BCUT2D eigenvalue weighted by Gasteiger charge is -2.15. The lowest BCUT2D eigenvalue weighted by molar-refractivity contribution is -0.116. The number of rotatable bonds is 3. The van der Waals surface area contributed by atoms with Crippen LogP contribution in [-0.2, 0) is 11.2 Å². The molecule has 0 saturated carbocycles. The molecular formula is C12H14N4O2. The summed E-state index contributed by atoms with van der Waals surface area (Å²) in [5.41, 5.74) is 10.9. The third-order valence-electron chi connectivity index (χ3n) is 3.08. The van der Waals surface area contributed by atoms with Crippen molar-refractivity contribution in [3.63, 3.8) is 0 Å². The van der Waals surface area contributed by atoms with Crippen molar-refractivity contribution in [2.24, 2.45) is 5.11 Å². The number of azide groups is 1. The Morgan fingerprint density at radius 3 is 3.11 bits per heavy atom. The summed E-state index contributed by atoms with van der Waals surface area (Å²) in [6.45, 7) is 2.24. The van der Waals surface area contributed by atoms with E-state index in [1.54, 1.807) is 17.9 Å². The summed E-state index contributed by atoms with van der Waals surface area (Å²) in [4.78, 5) is 15.7. The standard InChI is InChI=1S/C12H14N4O2/c1-8(17)16-5-4-9-6-10(2-3-11(9)16)12(18)7-14-15-13/h2-3,6,12,18H,4-5,7H2,1H3. The number of fused-ring (bicyclic) bond motifs is 1. The molecule has 0 radical (unpaired) electrons. The third-order valence-corrected chi connectivity index (χ3v) is 3.08. The summed E-state index contributed by atoms with van der Waals surface area (Å²) in [6.07, 6.45) is -0.00523. The Labute approximate surface area is 104 Å². The smallest absolute Gasteiger partial charge is 0.223 e. The van der Waals surface area contributed by atoms with Crippen molar-refractivity contribution in [1.82, 2.24) is 0 Å². The lowest BCUT2D eigenvalue weighted by Crippen LogP contribution is -2.25. The summed E-state index contributed by atoms with van der Waals surface area (Å²) >= 11 is 0. The van der Waals surface area contributed by atoms with Crippen LogP contribution < -0.4 is 4.90 Å². The molecule has 1 aliphatic heterocycles. The van der Waals surface area contributed by atoms with Crippen LogP contribution in [0.1, 0.15) is 24.2 Å². The van der Waals surface area contributed by atoms with Crippen molar-refractivity contribution < 1.29 is 9.90 Å². The van der Waals surface area contributed by atoms with E-state index in [4.69, 9.17) is 5.53 Å². The predicted octanol–water partition coefficient (Wildman–Crippen LogP) is 1.94. The highest BCUT2D eigenvalue weighted by molar-refractivity contribution is 5.93. The highest BCUT2D eigenvalue weighted by atomic mass is 16.3. The predicted molar refractivity (Wildman–Crippen MR) is 67.1 cm³/mol. The van der Waals surface area contributed by atoms with Gasteiger partial charge in [0, 0.05) is 24.1 Å². The maximum absolute atomic E-state index is 11.4. The SMILES string of the molecule is CC(=O)N1CCc2cc(C(O)CN=[N+]=[N-])ccc21. The second-order valence-electron chi connectivity index (χ2n) is 4.24. The zero-order valence-electron chi connectivity index (χ0n) is 10.1. The van der Waals surface area contributed by atoms with E-state index in [9.17, 15) is 9.90 Å². The minimum atomic E-state index is -0.794. The first kappa shape index (κ1) is 12.4. The normalized spacial score (nSPS) is 14.9. The molecule has 0 aliphatic carbocycles. The average molecular weight is 246 g/mol. The summed E-state index contributed by atoms with van der Waals surface area (Å²) in [6, 6.07) is 5.46. The van der Waals surface area contributed by atoms with Crippen LogP contribution in [0, 0.1) is 0 Å². The van der Waals surface area contributed by atoms with Gasteiger partial charge in [-0.25, -0.2) is 0 Å². The number of hydrogen-bond donors (Lipinski definition) is 1. The van der Waals surface area contributed by atoms with E-state index in [0.29, 0.717) is 12.1 Å². The molecule has 1 N–H and O–H groups in total. The first-order valence-corrected chi connectivity index (χ1v) is 5.73. The molecule has 0 saturated heterocycles. The Morgan fingerprint density at radius 2 is 2.44 bits per heavy atom. The van der Waals surface area contributed by atoms with Gasteiger partial charge in [0.05, 0.1) is 12.6 Å². The van der Waals surface area contributed by atoms with E-state index in [0.717, 1.165) is 17.7 Å². The van der Waals surface area contributed by atoms with Gasteiger partial charge in [-0.2, -0.15) is 0 Å². The van der Waals surface area contributed by atoms with Crippen molar-refractivity contribution in [3.8, 4) is 0 Å². The minimum absolute atomic E-state index is 0.0196. The molecular weight excluding hydrogens is 232 g/mol. The Hall–Kier alpha value is -2.04. The molecule has 6 nitrogen and oxygen atoms in total. The molecule has 18 heavy (non-hydrogen) atoms. The molecule has 0 spiro atoms. The lowest BCUT2D eigenvalue weighted by atomic mass is 10.0. The summed E-state index contributed by atoms with van der Waals surface area (Å²) in [7, 11) is 0. The second-order valence-corrected chi connectivity index (χ2v) is 4.24. The van der Waals surface area contributed by atoms with Gasteiger partial charge >= 0.3 is 0 Å². The van der Waals surface area contributed by atoms with Gasteiger partial charge in [0.1, 0.15) is 0 Å². The molecule has 1 heterocycles. The Morgan fingerprint density at radius 1 is 1.67 bits per heavy atom. The van der Waals surface area contributed by atoms with Crippen LogP contribution in [0.4, 0.5) is 5.69 Å². The summed E-state index contributed by atoms with van der Waals surface area (Å²) < 4.78 is 0. The van der Waals surface area contributed by atoms with Crippen LogP contribution in [0.3, 0.4) is 0 Å². The quantitative estimate of drug-likeness (QED) is 0.501. The number of anilines is 1. The van der Waals surface area contributed by atoms with Crippen molar-refractivity contribution in [2.45, 2.75) is 19.4 Å². The van der Waals surface area contributed by atoms with Crippen molar-refractivity contribution in [2.75, 3.05) is 18.0 Å². The molecule has 0 fully saturated rings. The highest BCUT2D eigenvalue weighted by Gasteiger charge is 2.22. The molecule has 1 aliphatic rings. The number of carbonyl (C=O) groups excluding carboxylic acids is 1. The number of aliphatic hydroxyl groups excluding tert-OH is 1. The van der Waals surface area contributed by atoms with Crippen molar-refractivity contribution in [1.29, 1.82) is 0 Å². The van der Waals surface area contributed by atoms with Gasteiger partial charge < -0.3 is 10.0 Å². The van der Waals surface area contributed by atoms with Gasteiger partial charge in [-0.1, -0.05) is 17.2 Å². The molecule has 0 bridgehead atoms. The van der Waals surface area contributed by atoms with Gasteiger partial charge in [0.15, 0.2) is 0 Å². The number of nitrogens with zero attached hydrogens (tertiary/aromatic N) is 4. The topological polar surface area (TPSA) is 89.3 Å². The molecule has 94 valence electrons. The molecule has 1 aromatic rings. The van der Waals surface area contributed by atoms with E-state index < -0.39 is 6.10 Å². The zero-order valence-corrected chi connectivity index (χ0v) is 10.1. The number of hydrogen-bond acceptors (Lipinski definition) is 3. The van der Waals surface area contributed by atoms with E-state index in [1.165, 1.54) is 0 Å². The maximum Gasteiger partial charge on any atom is 0.223 e. The van der Waals surface area contributed by atoms with Crippen LogP contribution in [0.2, 0.25) is 0 Å². The molecule has 1 unspecified atom stereocenters. The molecule has 0 aromatic heterocycles. The van der Waals surface area contributed by atoms with Gasteiger partial charge in [-0.3, -0.25) is 4.79 Å². The Bertz CT molecular complexity index is 523. The van der Waals surface area contributed by atoms with Gasteiger partial charge in [-0.15, -0.1) is 0 Å². The second kappa shape index (κ2) is 5.08. The average Bonchev–Trinajstić information content (AvgIpc) is 2.78. The molecule has 2 rings (SSSR count). The van der Waals surface area contributed by atoms with Crippen LogP contribution in [0.25, 0.3) is 10.4 Å². The van der Waals surface area contributed by atoms with E-state index in [2.05, 4.69) is 10.0 Å². The van der Waals surface area contributed by atoms with Crippen LogP contribution in [0.15, 0.2) is 23.3 Å².